The van der Waals surface area contributed by atoms with E-state index in [0.717, 1.165) is 5.56 Å². The van der Waals surface area contributed by atoms with Crippen molar-refractivity contribution in [2.24, 2.45) is 0 Å². The Morgan fingerprint density at radius 3 is 2.37 bits per heavy atom. The van der Waals surface area contributed by atoms with Crippen LogP contribution in [-0.4, -0.2) is 32.6 Å². The first-order chi connectivity index (χ1) is 14.4. The topological polar surface area (TPSA) is 118 Å². The molecule has 156 valence electrons. The van der Waals surface area contributed by atoms with Crippen LogP contribution in [0.1, 0.15) is 12.5 Å². The number of nitrogen functional groups attached to an aromatic ring is 1. The summed E-state index contributed by atoms with van der Waals surface area (Å²) in [6.07, 6.45) is 1.75. The molecule has 2 aromatic rings. The molecule has 0 heterocycles. The van der Waals surface area contributed by atoms with Crippen molar-refractivity contribution in [2.45, 2.75) is 13.3 Å². The number of benzene rings is 2. The number of nitrogens with two attached hydrogens (primary N) is 1. The Labute approximate surface area is 175 Å². The monoisotopic (exact) mass is 408 g/mol. The van der Waals surface area contributed by atoms with E-state index < -0.39 is 5.91 Å². The first-order valence-corrected chi connectivity index (χ1v) is 9.16. The molecule has 0 atom stereocenters. The van der Waals surface area contributed by atoms with E-state index >= 15 is 0 Å². The average molecular weight is 408 g/mol. The lowest BCUT2D eigenvalue weighted by Gasteiger charge is -2.17. The van der Waals surface area contributed by atoms with Crippen LogP contribution in [0.2, 0.25) is 0 Å². The summed E-state index contributed by atoms with van der Waals surface area (Å²) < 4.78 is 10.5. The molecule has 0 spiro atoms. The molecule has 0 saturated heterocycles. The van der Waals surface area contributed by atoms with Crippen LogP contribution in [0.4, 0.5) is 11.4 Å². The number of hydrogen-bond donors (Lipinski definition) is 2. The number of anilines is 2. The Hall–Kier alpha value is -3.99. The van der Waals surface area contributed by atoms with Crippen LogP contribution in [0.5, 0.6) is 11.5 Å². The van der Waals surface area contributed by atoms with Crippen LogP contribution in [0, 0.1) is 11.3 Å². The van der Waals surface area contributed by atoms with Crippen LogP contribution in [-0.2, 0) is 16.0 Å². The van der Waals surface area contributed by atoms with Crippen molar-refractivity contribution >= 4 is 23.2 Å². The minimum absolute atomic E-state index is 0.186. The molecule has 0 aliphatic rings. The van der Waals surface area contributed by atoms with Gasteiger partial charge in [0.1, 0.15) is 11.6 Å². The quantitative estimate of drug-likeness (QED) is 0.393. The Morgan fingerprint density at radius 1 is 1.13 bits per heavy atom. The van der Waals surface area contributed by atoms with Crippen molar-refractivity contribution in [3.8, 4) is 17.6 Å². The Balaban J connectivity index is 2.07. The zero-order chi connectivity index (χ0) is 22.1. The van der Waals surface area contributed by atoms with E-state index in [1.807, 2.05) is 18.2 Å². The normalized spacial score (nSPS) is 10.7. The molecule has 3 N–H and O–H groups in total. The van der Waals surface area contributed by atoms with Crippen LogP contribution in [0.15, 0.2) is 54.2 Å². The highest BCUT2D eigenvalue weighted by molar-refractivity contribution is 6.01. The summed E-state index contributed by atoms with van der Waals surface area (Å²) in [5.74, 6) is 0.303. The summed E-state index contributed by atoms with van der Waals surface area (Å²) in [6, 6.07) is 13.9. The SMILES string of the molecule is COc1ccc(CCNC(=O)/C(C#N)=C\N(C(C)=O)c2ccc(N)cc2)cc1OC. The fourth-order valence-electron chi connectivity index (χ4n) is 2.70. The molecule has 0 bridgehead atoms. The van der Waals surface area contributed by atoms with Crippen LogP contribution >= 0.6 is 0 Å². The Morgan fingerprint density at radius 2 is 1.80 bits per heavy atom. The minimum atomic E-state index is -0.570. The van der Waals surface area contributed by atoms with E-state index in [1.165, 1.54) is 18.0 Å². The van der Waals surface area contributed by atoms with E-state index in [2.05, 4.69) is 5.32 Å². The second-order valence-corrected chi connectivity index (χ2v) is 6.33. The number of nitrogens with one attached hydrogen (secondary N) is 1. The number of nitriles is 1. The number of rotatable bonds is 8. The highest BCUT2D eigenvalue weighted by Gasteiger charge is 2.15. The maximum Gasteiger partial charge on any atom is 0.263 e. The molecule has 2 amide bonds. The van der Waals surface area contributed by atoms with Crippen LogP contribution in [0.3, 0.4) is 0 Å². The molecule has 2 aromatic carbocycles. The summed E-state index contributed by atoms with van der Waals surface area (Å²) in [6.45, 7) is 1.64. The van der Waals surface area contributed by atoms with Crippen molar-refractivity contribution < 1.29 is 19.1 Å². The van der Waals surface area contributed by atoms with Crippen LogP contribution < -0.4 is 25.4 Å². The summed E-state index contributed by atoms with van der Waals surface area (Å²) in [4.78, 5) is 25.7. The van der Waals surface area contributed by atoms with Gasteiger partial charge in [0.25, 0.3) is 5.91 Å². The zero-order valence-electron chi connectivity index (χ0n) is 17.1. The maximum absolute atomic E-state index is 12.4. The number of amides is 2. The van der Waals surface area contributed by atoms with Gasteiger partial charge in [0.2, 0.25) is 5.91 Å². The molecular formula is C22H24N4O4. The lowest BCUT2D eigenvalue weighted by atomic mass is 10.1. The van der Waals surface area contributed by atoms with E-state index in [1.54, 1.807) is 44.6 Å². The maximum atomic E-state index is 12.4. The molecular weight excluding hydrogens is 384 g/mol. The van der Waals surface area contributed by atoms with E-state index in [4.69, 9.17) is 15.2 Å². The molecule has 8 nitrogen and oxygen atoms in total. The van der Waals surface area contributed by atoms with Crippen molar-refractivity contribution in [1.82, 2.24) is 5.32 Å². The van der Waals surface area contributed by atoms with E-state index in [9.17, 15) is 14.9 Å². The lowest BCUT2D eigenvalue weighted by Crippen LogP contribution is -2.29. The number of hydrogen-bond acceptors (Lipinski definition) is 6. The number of nitrogens with zero attached hydrogens (tertiary/aromatic N) is 2. The van der Waals surface area contributed by atoms with Crippen LogP contribution in [0.25, 0.3) is 0 Å². The fourth-order valence-corrected chi connectivity index (χ4v) is 2.70. The second kappa shape index (κ2) is 10.5. The van der Waals surface area contributed by atoms with Crippen molar-refractivity contribution in [3.63, 3.8) is 0 Å². The predicted molar refractivity (Wildman–Crippen MR) is 114 cm³/mol. The number of ether oxygens (including phenoxy) is 2. The van der Waals surface area contributed by atoms with Gasteiger partial charge in [-0.3, -0.25) is 14.5 Å². The highest BCUT2D eigenvalue weighted by Crippen LogP contribution is 2.27. The molecule has 0 saturated carbocycles. The third kappa shape index (κ3) is 5.75. The van der Waals surface area contributed by atoms with Crippen molar-refractivity contribution in [1.29, 1.82) is 5.26 Å². The molecule has 0 aromatic heterocycles. The molecule has 30 heavy (non-hydrogen) atoms. The number of methoxy groups -OCH3 is 2. The molecule has 0 unspecified atom stereocenters. The highest BCUT2D eigenvalue weighted by atomic mass is 16.5. The van der Waals surface area contributed by atoms with Crippen molar-refractivity contribution in [3.05, 3.63) is 59.8 Å². The Bertz CT molecular complexity index is 978. The van der Waals surface area contributed by atoms with Gasteiger partial charge < -0.3 is 20.5 Å². The van der Waals surface area contributed by atoms with Gasteiger partial charge in [0, 0.05) is 31.0 Å². The summed E-state index contributed by atoms with van der Waals surface area (Å²) >= 11 is 0. The zero-order valence-corrected chi connectivity index (χ0v) is 17.1. The largest absolute Gasteiger partial charge is 0.493 e. The smallest absolute Gasteiger partial charge is 0.263 e. The van der Waals surface area contributed by atoms with Crippen molar-refractivity contribution in [2.75, 3.05) is 31.4 Å². The third-order valence-electron chi connectivity index (χ3n) is 4.28. The molecule has 0 aliphatic heterocycles. The van der Waals surface area contributed by atoms with E-state index in [-0.39, 0.29) is 11.5 Å². The van der Waals surface area contributed by atoms with Gasteiger partial charge in [-0.15, -0.1) is 0 Å². The average Bonchev–Trinajstić information content (AvgIpc) is 2.74. The third-order valence-corrected chi connectivity index (χ3v) is 4.28. The van der Waals surface area contributed by atoms with Gasteiger partial charge in [0.05, 0.1) is 14.2 Å². The molecule has 0 fully saturated rings. The van der Waals surface area contributed by atoms with Gasteiger partial charge in [-0.25, -0.2) is 0 Å². The summed E-state index contributed by atoms with van der Waals surface area (Å²) in [5.41, 5.74) is 7.46. The standard InChI is InChI=1S/C22H24N4O4/c1-15(27)26(19-7-5-18(24)6-8-19)14-17(13-23)22(28)25-11-10-16-4-9-20(29-2)21(12-16)30-3/h4-9,12,14H,10-11,24H2,1-3H3,(H,25,28)/b17-14-. The fraction of sp³-hybridized carbons (Fsp3) is 0.227. The van der Waals surface area contributed by atoms with Gasteiger partial charge >= 0.3 is 0 Å². The van der Waals surface area contributed by atoms with Gasteiger partial charge in [0.15, 0.2) is 11.5 Å². The first kappa shape index (κ1) is 22.3. The minimum Gasteiger partial charge on any atom is -0.493 e. The van der Waals surface area contributed by atoms with Gasteiger partial charge in [-0.2, -0.15) is 5.26 Å². The second-order valence-electron chi connectivity index (χ2n) is 6.33. The predicted octanol–water partition coefficient (Wildman–Crippen LogP) is 2.41. The molecule has 8 heteroatoms. The molecule has 0 radical (unpaired) electrons. The van der Waals surface area contributed by atoms with E-state index in [0.29, 0.717) is 35.8 Å². The first-order valence-electron chi connectivity index (χ1n) is 9.16. The van der Waals surface area contributed by atoms with Gasteiger partial charge in [-0.1, -0.05) is 6.07 Å². The Kier molecular flexibility index (Phi) is 7.82. The summed E-state index contributed by atoms with van der Waals surface area (Å²) in [7, 11) is 3.11. The van der Waals surface area contributed by atoms with Gasteiger partial charge in [-0.05, 0) is 48.4 Å². The number of carbonyl (C=O) groups excluding carboxylic acids is 2. The molecule has 2 rings (SSSR count). The number of carbonyl (C=O) groups is 2. The summed E-state index contributed by atoms with van der Waals surface area (Å²) in [5, 5.41) is 12.1. The molecule has 0 aliphatic carbocycles. The lowest BCUT2D eigenvalue weighted by molar-refractivity contribution is -0.117.